The quantitative estimate of drug-likeness (QED) is 0.148. The van der Waals surface area contributed by atoms with Gasteiger partial charge in [-0.25, -0.2) is 18.9 Å². The number of piperidine rings is 1. The van der Waals surface area contributed by atoms with Gasteiger partial charge in [-0.3, -0.25) is 0 Å². The first kappa shape index (κ1) is 46.7. The van der Waals surface area contributed by atoms with Crippen molar-refractivity contribution in [3.8, 4) is 23.1 Å². The molecule has 0 spiro atoms. The second-order valence-corrected chi connectivity index (χ2v) is 26.3. The number of methoxy groups -OCH3 is 1. The summed E-state index contributed by atoms with van der Waals surface area (Å²) < 4.78 is 58.0. The smallest absolute Gasteiger partial charge is 0.410 e. The predicted octanol–water partition coefficient (Wildman–Crippen LogP) is 10.4. The third kappa shape index (κ3) is 8.90. The molecule has 3 aromatic heterocycles. The van der Waals surface area contributed by atoms with Crippen molar-refractivity contribution in [1.29, 1.82) is 0 Å². The summed E-state index contributed by atoms with van der Waals surface area (Å²) in [5, 5.41) is 5.96. The molecule has 64 heavy (non-hydrogen) atoms. The molecule has 3 aliphatic heterocycles. The van der Waals surface area contributed by atoms with Crippen molar-refractivity contribution in [1.82, 2.24) is 29.6 Å². The number of aromatic nitrogens is 5. The van der Waals surface area contributed by atoms with E-state index in [-0.39, 0.29) is 58.5 Å². The molecule has 1 saturated carbocycles. The number of halogens is 2. The molecule has 0 bridgehead atoms. The average molecular weight is 925 g/mol. The highest BCUT2D eigenvalue weighted by molar-refractivity contribution is 6.74. The molecule has 3 saturated heterocycles. The monoisotopic (exact) mass is 923 g/mol. The first-order valence-corrected chi connectivity index (χ1v) is 26.3. The van der Waals surface area contributed by atoms with Crippen LogP contribution in [0.4, 0.5) is 15.0 Å². The van der Waals surface area contributed by atoms with Gasteiger partial charge in [0.15, 0.2) is 20.4 Å². The first-order valence-electron chi connectivity index (χ1n) is 23.0. The second-order valence-electron chi connectivity index (χ2n) is 21.2. The molecule has 4 atom stereocenters. The van der Waals surface area contributed by atoms with E-state index < -0.39 is 25.3 Å². The van der Waals surface area contributed by atoms with Crippen molar-refractivity contribution in [2.45, 2.75) is 148 Å². The van der Waals surface area contributed by atoms with E-state index in [1.54, 1.807) is 6.20 Å². The Morgan fingerprint density at radius 2 is 1.80 bits per heavy atom. The largest absolute Gasteiger partial charge is 0.480 e. The van der Waals surface area contributed by atoms with Crippen LogP contribution < -0.4 is 14.4 Å². The minimum Gasteiger partial charge on any atom is -0.480 e. The molecule has 14 nitrogen and oxygen atoms in total. The van der Waals surface area contributed by atoms with E-state index in [1.165, 1.54) is 7.11 Å². The summed E-state index contributed by atoms with van der Waals surface area (Å²) in [6, 6.07) is 1.89. The highest BCUT2D eigenvalue weighted by Gasteiger charge is 2.51. The second kappa shape index (κ2) is 17.4. The first-order chi connectivity index (χ1) is 30.1. The van der Waals surface area contributed by atoms with Crippen LogP contribution in [-0.2, 0) is 18.6 Å². The van der Waals surface area contributed by atoms with Gasteiger partial charge < -0.3 is 37.9 Å². The zero-order chi connectivity index (χ0) is 46.0. The summed E-state index contributed by atoms with van der Waals surface area (Å²) in [5.74, 6) is -0.169. The zero-order valence-electron chi connectivity index (χ0n) is 39.7. The molecule has 1 aliphatic carbocycles. The number of fused-ring (bicyclic) bond motifs is 3. The van der Waals surface area contributed by atoms with Crippen LogP contribution in [0.15, 0.2) is 12.3 Å². The molecule has 350 valence electrons. The molecule has 1 unspecified atom stereocenters. The Kier molecular flexibility index (Phi) is 12.7. The van der Waals surface area contributed by atoms with Gasteiger partial charge in [0.2, 0.25) is 5.88 Å². The lowest BCUT2D eigenvalue weighted by Crippen LogP contribution is -2.55. The SMILES string of the molecule is COc1nc(-c2c(Cl)c(C)cc3c2cnn3C2CCCCO2)c(F)c2nc(OC[C@]34CCC[C@H]3N(C(=O)OC(C)(C)C)CCC4)nc(N3CCOC[C@@](C)(O[Si](C)(C)C(C)(C)C)C3)c12. The Bertz CT molecular complexity index is 2400. The van der Waals surface area contributed by atoms with Crippen molar-refractivity contribution < 1.29 is 37.3 Å². The van der Waals surface area contributed by atoms with E-state index in [1.807, 2.05) is 43.3 Å². The molecule has 1 amide bonds. The summed E-state index contributed by atoms with van der Waals surface area (Å²) in [4.78, 5) is 32.4. The van der Waals surface area contributed by atoms with E-state index in [2.05, 4.69) is 45.7 Å². The van der Waals surface area contributed by atoms with Crippen LogP contribution in [0, 0.1) is 18.2 Å². The molecule has 0 radical (unpaired) electrons. The van der Waals surface area contributed by atoms with Gasteiger partial charge in [-0.1, -0.05) is 38.8 Å². The fourth-order valence-corrected chi connectivity index (χ4v) is 11.9. The van der Waals surface area contributed by atoms with E-state index in [9.17, 15) is 4.79 Å². The number of aryl methyl sites for hydroxylation is 1. The van der Waals surface area contributed by atoms with Gasteiger partial charge in [0.25, 0.3) is 0 Å². The lowest BCUT2D eigenvalue weighted by Gasteiger charge is -2.46. The number of nitrogens with zero attached hydrogens (tertiary/aromatic N) is 7. The fraction of sp³-hybridized carbons (Fsp3) is 0.681. The molecular weight excluding hydrogens is 857 g/mol. The van der Waals surface area contributed by atoms with Crippen molar-refractivity contribution in [3.05, 3.63) is 28.7 Å². The van der Waals surface area contributed by atoms with Gasteiger partial charge in [-0.15, -0.1) is 0 Å². The molecule has 17 heteroatoms. The number of ether oxygens (including phenoxy) is 5. The lowest BCUT2D eigenvalue weighted by molar-refractivity contribution is -0.0366. The number of anilines is 1. The van der Waals surface area contributed by atoms with Crippen LogP contribution in [0.5, 0.6) is 11.9 Å². The molecule has 4 aromatic rings. The number of hydrogen-bond donors (Lipinski definition) is 0. The van der Waals surface area contributed by atoms with Gasteiger partial charge in [-0.2, -0.15) is 15.1 Å². The minimum atomic E-state index is -2.29. The molecule has 4 fully saturated rings. The van der Waals surface area contributed by atoms with Crippen LogP contribution in [0.3, 0.4) is 0 Å². The van der Waals surface area contributed by atoms with Crippen LogP contribution >= 0.6 is 11.6 Å². The number of likely N-dealkylation sites (tertiary alicyclic amines) is 1. The number of benzene rings is 1. The topological polar surface area (TPSA) is 135 Å². The maximum Gasteiger partial charge on any atom is 0.410 e. The zero-order valence-corrected chi connectivity index (χ0v) is 41.4. The standard InChI is InChI=1S/C47H67ClFN7O7Si/c1-29-24-31-30(25-50-56(31)33-17-12-13-22-60-33)34(36(29)48)38-37(49)39-35(41(51-38)58-9)40(54-21-23-59-27-46(8,26-54)63-64(10,11)45(5,6)7)53-42(52-39)61-28-47-18-14-16-32(47)55(20-15-19-47)43(57)62-44(2,3)4/h24-25,32-33H,12-23,26-28H2,1-11H3/t32-,33?,46+,47-/m1/s1. The van der Waals surface area contributed by atoms with Crippen molar-refractivity contribution >= 4 is 53.6 Å². The molecule has 0 N–H and O–H groups in total. The molecule has 1 aromatic carbocycles. The molecule has 8 rings (SSSR count). The van der Waals surface area contributed by atoms with Crippen LogP contribution in [0.1, 0.15) is 112 Å². The average Bonchev–Trinajstić information content (AvgIpc) is 3.80. The minimum absolute atomic E-state index is 0.00922. The predicted molar refractivity (Wildman–Crippen MR) is 249 cm³/mol. The van der Waals surface area contributed by atoms with Gasteiger partial charge in [0.1, 0.15) is 28.0 Å². The maximum atomic E-state index is 18.0. The van der Waals surface area contributed by atoms with Crippen LogP contribution in [0.25, 0.3) is 33.1 Å². The van der Waals surface area contributed by atoms with E-state index in [4.69, 9.17) is 59.8 Å². The summed E-state index contributed by atoms with van der Waals surface area (Å²) in [5.41, 5.74) is 0.123. The Morgan fingerprint density at radius 1 is 1.03 bits per heavy atom. The summed E-state index contributed by atoms with van der Waals surface area (Å²) in [7, 11) is -0.781. The van der Waals surface area contributed by atoms with Crippen molar-refractivity contribution in [2.75, 3.05) is 58.1 Å². The highest BCUT2D eigenvalue weighted by Crippen LogP contribution is 2.49. The van der Waals surface area contributed by atoms with Crippen LogP contribution in [0.2, 0.25) is 23.2 Å². The summed E-state index contributed by atoms with van der Waals surface area (Å²) >= 11 is 7.15. The van der Waals surface area contributed by atoms with E-state index >= 15 is 4.39 Å². The number of rotatable bonds is 9. The Balaban J connectivity index is 1.26. The molecule has 4 aliphatic rings. The molecule has 6 heterocycles. The fourth-order valence-electron chi connectivity index (χ4n) is 10.0. The third-order valence-corrected chi connectivity index (χ3v) is 19.2. The number of amides is 1. The van der Waals surface area contributed by atoms with Crippen molar-refractivity contribution in [3.63, 3.8) is 0 Å². The Morgan fingerprint density at radius 3 is 2.50 bits per heavy atom. The Labute approximate surface area is 382 Å². The lowest BCUT2D eigenvalue weighted by atomic mass is 9.75. The van der Waals surface area contributed by atoms with Gasteiger partial charge >= 0.3 is 12.1 Å². The summed E-state index contributed by atoms with van der Waals surface area (Å²) in [6.45, 7) is 23.8. The Hall–Kier alpha value is -3.83. The van der Waals surface area contributed by atoms with E-state index in [0.717, 1.165) is 62.4 Å². The molecular formula is C47H67ClFN7O7Si. The van der Waals surface area contributed by atoms with Gasteiger partial charge in [-0.05, 0) is 109 Å². The maximum absolute atomic E-state index is 18.0. The van der Waals surface area contributed by atoms with Crippen molar-refractivity contribution in [2.24, 2.45) is 5.41 Å². The van der Waals surface area contributed by atoms with Gasteiger partial charge in [0.05, 0.1) is 49.3 Å². The third-order valence-electron chi connectivity index (χ3n) is 14.1. The summed E-state index contributed by atoms with van der Waals surface area (Å²) in [6.07, 6.45) is 8.27. The van der Waals surface area contributed by atoms with Gasteiger partial charge in [0, 0.05) is 48.6 Å². The number of hydrogen-bond acceptors (Lipinski definition) is 12. The van der Waals surface area contributed by atoms with E-state index in [0.29, 0.717) is 66.6 Å². The normalized spacial score (nSPS) is 24.8. The van der Waals surface area contributed by atoms with Crippen LogP contribution in [-0.4, -0.2) is 114 Å². The number of carbonyl (C=O) groups is 1. The number of pyridine rings is 1. The number of carbonyl (C=O) groups excluding carboxylic acids is 1. The highest BCUT2D eigenvalue weighted by atomic mass is 35.5.